The van der Waals surface area contributed by atoms with E-state index in [0.717, 1.165) is 0 Å². The quantitative estimate of drug-likeness (QED) is 0.522. The Labute approximate surface area is 166 Å². The fourth-order valence-electron chi connectivity index (χ4n) is 0. The fourth-order valence-corrected chi connectivity index (χ4v) is 0. The van der Waals surface area contributed by atoms with Gasteiger partial charge >= 0.3 is 17.9 Å². The zero-order valence-corrected chi connectivity index (χ0v) is 18.3. The molecule has 0 saturated carbocycles. The van der Waals surface area contributed by atoms with Crippen LogP contribution in [-0.2, 0) is 14.4 Å². The standard InChI is InChI=1S/3C5H10O2.Nd/c3*1-5(2,3)4(6)7;/h3*1-3H3,(H,6,7);. The van der Waals surface area contributed by atoms with Gasteiger partial charge in [0, 0.05) is 40.8 Å². The predicted octanol–water partition coefficient (Wildman–Crippen LogP) is 3.35. The van der Waals surface area contributed by atoms with Gasteiger partial charge in [0.1, 0.15) is 0 Å². The number of carboxylic acids is 3. The number of hydrogen-bond donors (Lipinski definition) is 3. The van der Waals surface area contributed by atoms with E-state index in [1.54, 1.807) is 62.3 Å². The normalized spacial score (nSPS) is 10.8. The van der Waals surface area contributed by atoms with Gasteiger partial charge in [0.2, 0.25) is 0 Å². The second-order valence-electron chi connectivity index (χ2n) is 7.67. The van der Waals surface area contributed by atoms with E-state index in [1.807, 2.05) is 0 Å². The summed E-state index contributed by atoms with van der Waals surface area (Å²) in [6, 6.07) is 0. The van der Waals surface area contributed by atoms with Crippen LogP contribution in [-0.4, -0.2) is 33.2 Å². The Morgan fingerprint density at radius 2 is 0.545 bits per heavy atom. The SMILES string of the molecule is CC(C)(C)C(=O)O.CC(C)(C)C(=O)O.CC(C)(C)C(=O)O.[Nd]. The molecule has 0 fully saturated rings. The van der Waals surface area contributed by atoms with E-state index in [2.05, 4.69) is 0 Å². The molecule has 0 saturated heterocycles. The van der Waals surface area contributed by atoms with Crippen molar-refractivity contribution in [3.05, 3.63) is 0 Å². The topological polar surface area (TPSA) is 112 Å². The zero-order valence-electron chi connectivity index (χ0n) is 15.1. The molecule has 7 heteroatoms. The van der Waals surface area contributed by atoms with Crippen LogP contribution in [0.2, 0.25) is 0 Å². The van der Waals surface area contributed by atoms with Crippen molar-refractivity contribution in [2.45, 2.75) is 62.3 Å². The van der Waals surface area contributed by atoms with E-state index in [-0.39, 0.29) is 40.8 Å². The van der Waals surface area contributed by atoms with Crippen molar-refractivity contribution in [1.82, 2.24) is 0 Å². The molecule has 0 aliphatic carbocycles. The first-order valence-corrected chi connectivity index (χ1v) is 6.53. The maximum Gasteiger partial charge on any atom is 0.308 e. The molecular formula is C15H30NdO6. The minimum Gasteiger partial charge on any atom is -0.481 e. The second kappa shape index (κ2) is 11.3. The monoisotopic (exact) mass is 448 g/mol. The van der Waals surface area contributed by atoms with E-state index in [0.29, 0.717) is 0 Å². The molecule has 0 aliphatic rings. The molecule has 0 radical (unpaired) electrons. The number of hydrogen-bond acceptors (Lipinski definition) is 3. The van der Waals surface area contributed by atoms with Gasteiger partial charge in [-0.3, -0.25) is 14.4 Å². The van der Waals surface area contributed by atoms with Gasteiger partial charge in [-0.1, -0.05) is 0 Å². The summed E-state index contributed by atoms with van der Waals surface area (Å²) in [5.41, 5.74) is -1.75. The van der Waals surface area contributed by atoms with Crippen LogP contribution < -0.4 is 0 Å². The van der Waals surface area contributed by atoms with Gasteiger partial charge in [0.05, 0.1) is 16.2 Å². The van der Waals surface area contributed by atoms with Crippen LogP contribution >= 0.6 is 0 Å². The molecule has 0 aromatic rings. The summed E-state index contributed by atoms with van der Waals surface area (Å²) in [7, 11) is 0. The molecule has 3 N–H and O–H groups in total. The maximum absolute atomic E-state index is 10.0. The molecule has 0 amide bonds. The first-order valence-electron chi connectivity index (χ1n) is 6.53. The van der Waals surface area contributed by atoms with Crippen LogP contribution in [0.5, 0.6) is 0 Å². The molecule has 22 heavy (non-hydrogen) atoms. The van der Waals surface area contributed by atoms with E-state index in [4.69, 9.17) is 15.3 Å². The molecular weight excluding hydrogens is 420 g/mol. The molecule has 0 aromatic heterocycles. The van der Waals surface area contributed by atoms with Crippen LogP contribution in [0.4, 0.5) is 0 Å². The summed E-state index contributed by atoms with van der Waals surface area (Å²) in [5, 5.41) is 24.8. The molecule has 0 unspecified atom stereocenters. The number of rotatable bonds is 0. The van der Waals surface area contributed by atoms with Gasteiger partial charge in [-0.2, -0.15) is 0 Å². The van der Waals surface area contributed by atoms with Gasteiger partial charge in [-0.25, -0.2) is 0 Å². The minimum atomic E-state index is -0.757. The van der Waals surface area contributed by atoms with Gasteiger partial charge in [0.15, 0.2) is 0 Å². The van der Waals surface area contributed by atoms with Crippen molar-refractivity contribution < 1.29 is 70.5 Å². The van der Waals surface area contributed by atoms with E-state index in [9.17, 15) is 14.4 Å². The number of carboxylic acid groups (broad SMARTS) is 3. The summed E-state index contributed by atoms with van der Waals surface area (Å²) in [5.74, 6) is -2.27. The Kier molecular flexibility index (Phi) is 15.3. The molecule has 0 rings (SSSR count). The molecule has 6 nitrogen and oxygen atoms in total. The van der Waals surface area contributed by atoms with Gasteiger partial charge in [0.25, 0.3) is 0 Å². The summed E-state index contributed by atoms with van der Waals surface area (Å²) >= 11 is 0. The Balaban J connectivity index is -0.000000108. The predicted molar refractivity (Wildman–Crippen MR) is 81.3 cm³/mol. The van der Waals surface area contributed by atoms with Crippen LogP contribution in [0.3, 0.4) is 0 Å². The van der Waals surface area contributed by atoms with Crippen LogP contribution in [0.15, 0.2) is 0 Å². The summed E-state index contributed by atoms with van der Waals surface area (Å²) < 4.78 is 0. The third kappa shape index (κ3) is 22.0. The van der Waals surface area contributed by atoms with Crippen LogP contribution in [0.1, 0.15) is 62.3 Å². The zero-order chi connectivity index (χ0) is 18.2. The smallest absolute Gasteiger partial charge is 0.308 e. The van der Waals surface area contributed by atoms with E-state index < -0.39 is 34.2 Å². The molecule has 0 bridgehead atoms. The van der Waals surface area contributed by atoms with Crippen LogP contribution in [0, 0.1) is 57.1 Å². The van der Waals surface area contributed by atoms with E-state index in [1.165, 1.54) is 0 Å². The minimum absolute atomic E-state index is 0. The van der Waals surface area contributed by atoms with Gasteiger partial charge in [-0.05, 0) is 62.3 Å². The van der Waals surface area contributed by atoms with Crippen molar-refractivity contribution in [1.29, 1.82) is 0 Å². The van der Waals surface area contributed by atoms with Crippen molar-refractivity contribution >= 4 is 17.9 Å². The Morgan fingerprint density at radius 3 is 0.545 bits per heavy atom. The van der Waals surface area contributed by atoms with Crippen molar-refractivity contribution in [2.24, 2.45) is 16.2 Å². The van der Waals surface area contributed by atoms with Crippen molar-refractivity contribution in [2.75, 3.05) is 0 Å². The maximum atomic E-state index is 10.0. The van der Waals surface area contributed by atoms with Gasteiger partial charge < -0.3 is 15.3 Å². The van der Waals surface area contributed by atoms with Gasteiger partial charge in [-0.15, -0.1) is 0 Å². The molecule has 130 valence electrons. The third-order valence-electron chi connectivity index (χ3n) is 1.92. The summed E-state index contributed by atoms with van der Waals surface area (Å²) in [6.07, 6.45) is 0. The largest absolute Gasteiger partial charge is 0.481 e. The first-order chi connectivity index (χ1) is 8.83. The molecule has 0 aliphatic heterocycles. The van der Waals surface area contributed by atoms with Crippen LogP contribution in [0.25, 0.3) is 0 Å². The number of aliphatic carboxylic acids is 3. The average molecular weight is 451 g/mol. The molecule has 0 heterocycles. The summed E-state index contributed by atoms with van der Waals surface area (Å²) in [4.78, 5) is 30.1. The van der Waals surface area contributed by atoms with E-state index >= 15 is 0 Å². The summed E-state index contributed by atoms with van der Waals surface area (Å²) in [6.45, 7) is 15.0. The Bertz CT molecular complexity index is 299. The molecule has 0 spiro atoms. The molecule has 0 aromatic carbocycles. The van der Waals surface area contributed by atoms with Crippen molar-refractivity contribution in [3.8, 4) is 0 Å². The number of carbonyl (C=O) groups is 3. The van der Waals surface area contributed by atoms with Crippen molar-refractivity contribution in [3.63, 3.8) is 0 Å². The Morgan fingerprint density at radius 1 is 0.500 bits per heavy atom. The molecule has 0 atom stereocenters. The second-order valence-corrected chi connectivity index (χ2v) is 7.67. The average Bonchev–Trinajstić information content (AvgIpc) is 2.14. The third-order valence-corrected chi connectivity index (χ3v) is 1.92. The Hall–Kier alpha value is -0.239. The first kappa shape index (κ1) is 29.7. The fraction of sp³-hybridized carbons (Fsp3) is 0.800.